The molecular formula is C23H24N6O. The third-order valence-corrected chi connectivity index (χ3v) is 5.10. The van der Waals surface area contributed by atoms with Gasteiger partial charge >= 0.3 is 0 Å². The molecule has 7 heteroatoms. The molecule has 0 aliphatic rings. The number of ether oxygens (including phenoxy) is 1. The molecule has 4 rings (SSSR count). The second kappa shape index (κ2) is 8.73. The topological polar surface area (TPSA) is 91.7 Å². The van der Waals surface area contributed by atoms with Crippen molar-refractivity contribution < 1.29 is 4.74 Å². The molecule has 0 spiro atoms. The van der Waals surface area contributed by atoms with Gasteiger partial charge in [-0.05, 0) is 38.0 Å². The van der Waals surface area contributed by atoms with Crippen LogP contribution in [0.3, 0.4) is 0 Å². The minimum absolute atomic E-state index is 0.0595. The first-order valence-corrected chi connectivity index (χ1v) is 9.81. The maximum Gasteiger partial charge on any atom is 0.161 e. The van der Waals surface area contributed by atoms with Crippen molar-refractivity contribution >= 4 is 5.82 Å². The van der Waals surface area contributed by atoms with Gasteiger partial charge in [0, 0.05) is 47.2 Å². The van der Waals surface area contributed by atoms with Gasteiger partial charge in [-0.3, -0.25) is 4.98 Å². The van der Waals surface area contributed by atoms with Crippen molar-refractivity contribution in [3.8, 4) is 17.1 Å². The Morgan fingerprint density at radius 2 is 1.87 bits per heavy atom. The molecule has 1 atom stereocenters. The van der Waals surface area contributed by atoms with Gasteiger partial charge in [0.05, 0.1) is 19.5 Å². The predicted molar refractivity (Wildman–Crippen MR) is 116 cm³/mol. The van der Waals surface area contributed by atoms with Crippen LogP contribution in [0.2, 0.25) is 0 Å². The zero-order valence-corrected chi connectivity index (χ0v) is 17.1. The number of hydrogen-bond donors (Lipinski definition) is 1. The van der Waals surface area contributed by atoms with Crippen LogP contribution in [-0.4, -0.2) is 31.6 Å². The quantitative estimate of drug-likeness (QED) is 0.506. The fourth-order valence-electron chi connectivity index (χ4n) is 3.64. The molecule has 152 valence electrons. The van der Waals surface area contributed by atoms with Crippen LogP contribution in [-0.2, 0) is 6.42 Å². The van der Waals surface area contributed by atoms with Crippen LogP contribution >= 0.6 is 0 Å². The number of benzene rings is 1. The summed E-state index contributed by atoms with van der Waals surface area (Å²) in [6, 6.07) is 13.7. The van der Waals surface area contributed by atoms with Crippen molar-refractivity contribution in [1.82, 2.24) is 24.5 Å². The molecule has 4 aromatic rings. The average molecular weight is 400 g/mol. The molecule has 0 saturated carbocycles. The number of nitrogens with two attached hydrogens (primary N) is 1. The molecule has 1 aromatic carbocycles. The number of hydrogen-bond acceptors (Lipinski definition) is 6. The number of nitrogen functional groups attached to an aromatic ring is 1. The molecule has 0 aliphatic heterocycles. The molecule has 3 aromatic heterocycles. The minimum atomic E-state index is 0.0595. The molecule has 0 radical (unpaired) electrons. The Hall–Kier alpha value is -3.74. The largest absolute Gasteiger partial charge is 0.496 e. The second-order valence-electron chi connectivity index (χ2n) is 7.08. The Labute approximate surface area is 175 Å². The second-order valence-corrected chi connectivity index (χ2v) is 7.08. The third kappa shape index (κ3) is 4.15. The highest BCUT2D eigenvalue weighted by molar-refractivity contribution is 5.56. The van der Waals surface area contributed by atoms with Crippen LogP contribution in [0.15, 0.2) is 67.4 Å². The number of pyridine rings is 1. The van der Waals surface area contributed by atoms with E-state index < -0.39 is 0 Å². The van der Waals surface area contributed by atoms with Gasteiger partial charge in [0.15, 0.2) is 5.82 Å². The first-order chi connectivity index (χ1) is 14.7. The molecule has 0 aliphatic carbocycles. The van der Waals surface area contributed by atoms with E-state index in [1.165, 1.54) is 0 Å². The SMILES string of the molecule is COc1ccccc1C(CCc1cc(N)nc(-c2ccncc2)n1)n1cncc1C. The van der Waals surface area contributed by atoms with Crippen molar-refractivity contribution in [2.45, 2.75) is 25.8 Å². The maximum absolute atomic E-state index is 6.08. The van der Waals surface area contributed by atoms with Crippen molar-refractivity contribution in [2.75, 3.05) is 12.8 Å². The van der Waals surface area contributed by atoms with Gasteiger partial charge in [-0.2, -0.15) is 0 Å². The Bertz CT molecular complexity index is 1130. The van der Waals surface area contributed by atoms with Crippen molar-refractivity contribution in [2.24, 2.45) is 0 Å². The lowest BCUT2D eigenvalue weighted by molar-refractivity contribution is 0.397. The summed E-state index contributed by atoms with van der Waals surface area (Å²) in [5, 5.41) is 0. The highest BCUT2D eigenvalue weighted by atomic mass is 16.5. The number of methoxy groups -OCH3 is 1. The number of aromatic nitrogens is 5. The Morgan fingerprint density at radius 1 is 1.07 bits per heavy atom. The van der Waals surface area contributed by atoms with Gasteiger partial charge in [-0.15, -0.1) is 0 Å². The van der Waals surface area contributed by atoms with E-state index in [2.05, 4.69) is 32.5 Å². The lowest BCUT2D eigenvalue weighted by Crippen LogP contribution is -2.14. The summed E-state index contributed by atoms with van der Waals surface area (Å²) < 4.78 is 7.80. The minimum Gasteiger partial charge on any atom is -0.496 e. The zero-order valence-electron chi connectivity index (χ0n) is 17.1. The Balaban J connectivity index is 1.65. The van der Waals surface area contributed by atoms with E-state index in [4.69, 9.17) is 15.5 Å². The summed E-state index contributed by atoms with van der Waals surface area (Å²) in [5.74, 6) is 1.93. The highest BCUT2D eigenvalue weighted by Crippen LogP contribution is 2.32. The molecule has 0 bridgehead atoms. The predicted octanol–water partition coefficient (Wildman–Crippen LogP) is 3.86. The third-order valence-electron chi connectivity index (χ3n) is 5.10. The fraction of sp³-hybridized carbons (Fsp3) is 0.217. The molecule has 7 nitrogen and oxygen atoms in total. The summed E-state index contributed by atoms with van der Waals surface area (Å²) in [6.45, 7) is 2.06. The first kappa shape index (κ1) is 19.6. The van der Waals surface area contributed by atoms with E-state index in [0.717, 1.165) is 41.1 Å². The lowest BCUT2D eigenvalue weighted by Gasteiger charge is -2.23. The maximum atomic E-state index is 6.08. The van der Waals surface area contributed by atoms with Crippen LogP contribution in [0.4, 0.5) is 5.82 Å². The summed E-state index contributed by atoms with van der Waals surface area (Å²) in [6.07, 6.45) is 8.72. The van der Waals surface area contributed by atoms with Crippen molar-refractivity contribution in [1.29, 1.82) is 0 Å². The van der Waals surface area contributed by atoms with Gasteiger partial charge in [-0.1, -0.05) is 18.2 Å². The number of nitrogens with zero attached hydrogens (tertiary/aromatic N) is 5. The molecule has 2 N–H and O–H groups in total. The molecule has 0 fully saturated rings. The van der Waals surface area contributed by atoms with E-state index >= 15 is 0 Å². The number of imidazole rings is 1. The molecule has 30 heavy (non-hydrogen) atoms. The van der Waals surface area contributed by atoms with Crippen molar-refractivity contribution in [3.63, 3.8) is 0 Å². The monoisotopic (exact) mass is 400 g/mol. The van der Waals surface area contributed by atoms with Gasteiger partial charge < -0.3 is 15.0 Å². The van der Waals surface area contributed by atoms with E-state index in [0.29, 0.717) is 11.6 Å². The molecule has 0 amide bonds. The molecular weight excluding hydrogens is 376 g/mol. The smallest absolute Gasteiger partial charge is 0.161 e. The Morgan fingerprint density at radius 3 is 2.60 bits per heavy atom. The van der Waals surface area contributed by atoms with Crippen molar-refractivity contribution in [3.05, 3.63) is 84.3 Å². The zero-order chi connectivity index (χ0) is 20.9. The van der Waals surface area contributed by atoms with Gasteiger partial charge in [0.2, 0.25) is 0 Å². The van der Waals surface area contributed by atoms with Gasteiger partial charge in [0.1, 0.15) is 11.6 Å². The van der Waals surface area contributed by atoms with E-state index in [1.54, 1.807) is 19.5 Å². The van der Waals surface area contributed by atoms with Crippen LogP contribution < -0.4 is 10.5 Å². The highest BCUT2D eigenvalue weighted by Gasteiger charge is 2.20. The summed E-state index contributed by atoms with van der Waals surface area (Å²) >= 11 is 0. The lowest BCUT2D eigenvalue weighted by atomic mass is 9.99. The summed E-state index contributed by atoms with van der Waals surface area (Å²) in [4.78, 5) is 17.5. The molecule has 1 unspecified atom stereocenters. The number of aryl methyl sites for hydroxylation is 2. The summed E-state index contributed by atoms with van der Waals surface area (Å²) in [5.41, 5.74) is 10.1. The van der Waals surface area contributed by atoms with Crippen LogP contribution in [0, 0.1) is 6.92 Å². The fourth-order valence-corrected chi connectivity index (χ4v) is 3.64. The molecule has 3 heterocycles. The number of rotatable bonds is 7. The number of anilines is 1. The van der Waals surface area contributed by atoms with Gasteiger partial charge in [0.25, 0.3) is 0 Å². The van der Waals surface area contributed by atoms with E-state index in [9.17, 15) is 0 Å². The average Bonchev–Trinajstić information content (AvgIpc) is 3.20. The van der Waals surface area contributed by atoms with Gasteiger partial charge in [-0.25, -0.2) is 15.0 Å². The van der Waals surface area contributed by atoms with E-state index in [1.807, 2.05) is 48.9 Å². The molecule has 0 saturated heterocycles. The number of para-hydroxylation sites is 1. The first-order valence-electron chi connectivity index (χ1n) is 9.81. The summed E-state index contributed by atoms with van der Waals surface area (Å²) in [7, 11) is 1.70. The van der Waals surface area contributed by atoms with Crippen LogP contribution in [0.25, 0.3) is 11.4 Å². The van der Waals surface area contributed by atoms with E-state index in [-0.39, 0.29) is 6.04 Å². The normalized spacial score (nSPS) is 11.9. The standard InChI is InChI=1S/C23H24N6O/c1-16-14-26-15-29(16)20(19-5-3-4-6-21(19)30-2)8-7-18-13-22(24)28-23(27-18)17-9-11-25-12-10-17/h3-6,9-15,20H,7-8H2,1-2H3,(H2,24,27,28). The Kier molecular flexibility index (Phi) is 5.70. The van der Waals surface area contributed by atoms with Crippen LogP contribution in [0.1, 0.15) is 29.4 Å². The van der Waals surface area contributed by atoms with Crippen LogP contribution in [0.5, 0.6) is 5.75 Å².